The lowest BCUT2D eigenvalue weighted by Crippen LogP contribution is -2.30. The molecule has 0 atom stereocenters. The van der Waals surface area contributed by atoms with Crippen LogP contribution in [0.5, 0.6) is 5.75 Å². The fourth-order valence-electron chi connectivity index (χ4n) is 2.39. The minimum Gasteiger partial charge on any atom is -0.483 e. The van der Waals surface area contributed by atoms with Crippen LogP contribution in [0.4, 0.5) is 0 Å². The zero-order valence-corrected chi connectivity index (χ0v) is 11.9. The van der Waals surface area contributed by atoms with E-state index in [1.54, 1.807) is 0 Å². The lowest BCUT2D eigenvalue weighted by atomic mass is 10.0. The van der Waals surface area contributed by atoms with Crippen molar-refractivity contribution in [1.82, 2.24) is 10.3 Å². The van der Waals surface area contributed by atoms with Crippen molar-refractivity contribution in [2.75, 3.05) is 6.61 Å². The zero-order valence-electron chi connectivity index (χ0n) is 11.9. The summed E-state index contributed by atoms with van der Waals surface area (Å²) < 4.78 is 5.73. The summed E-state index contributed by atoms with van der Waals surface area (Å²) in [5.41, 5.74) is 2.27. The van der Waals surface area contributed by atoms with Crippen molar-refractivity contribution < 1.29 is 9.53 Å². The smallest absolute Gasteiger partial charge is 0.258 e. The average molecular weight is 272 g/mol. The van der Waals surface area contributed by atoms with Crippen molar-refractivity contribution in [1.29, 1.82) is 0 Å². The molecule has 106 valence electrons. The van der Waals surface area contributed by atoms with Gasteiger partial charge in [0.25, 0.3) is 5.91 Å². The maximum atomic E-state index is 11.7. The van der Waals surface area contributed by atoms with Crippen molar-refractivity contribution in [2.24, 2.45) is 0 Å². The van der Waals surface area contributed by atoms with E-state index in [-0.39, 0.29) is 12.5 Å². The molecule has 1 fully saturated rings. The molecular formula is C16H20N2O2. The Kier molecular flexibility index (Phi) is 3.38. The van der Waals surface area contributed by atoms with Gasteiger partial charge in [-0.15, -0.1) is 0 Å². The van der Waals surface area contributed by atoms with Gasteiger partial charge in [0, 0.05) is 23.1 Å². The number of carbonyl (C=O) groups excluding carboxylic acids is 1. The molecule has 4 heteroatoms. The third-order valence-electron chi connectivity index (χ3n) is 3.62. The lowest BCUT2D eigenvalue weighted by Gasteiger charge is -2.10. The van der Waals surface area contributed by atoms with Gasteiger partial charge < -0.3 is 15.0 Å². The number of benzene rings is 1. The predicted molar refractivity (Wildman–Crippen MR) is 79.0 cm³/mol. The number of amides is 1. The average Bonchev–Trinajstić information content (AvgIpc) is 3.11. The van der Waals surface area contributed by atoms with Crippen LogP contribution in [-0.2, 0) is 4.79 Å². The van der Waals surface area contributed by atoms with E-state index in [2.05, 4.69) is 24.1 Å². The molecule has 1 heterocycles. The van der Waals surface area contributed by atoms with E-state index in [1.165, 1.54) is 5.56 Å². The van der Waals surface area contributed by atoms with Crippen LogP contribution in [-0.4, -0.2) is 23.5 Å². The molecule has 0 unspecified atom stereocenters. The number of ether oxygens (including phenoxy) is 1. The molecular weight excluding hydrogens is 252 g/mol. The van der Waals surface area contributed by atoms with Crippen molar-refractivity contribution in [3.8, 4) is 5.75 Å². The summed E-state index contributed by atoms with van der Waals surface area (Å²) in [6.07, 6.45) is 4.21. The maximum Gasteiger partial charge on any atom is 0.258 e. The van der Waals surface area contributed by atoms with Gasteiger partial charge in [0.15, 0.2) is 6.61 Å². The number of nitrogens with one attached hydrogen (secondary N) is 2. The highest BCUT2D eigenvalue weighted by Crippen LogP contribution is 2.32. The Morgan fingerprint density at radius 1 is 1.45 bits per heavy atom. The monoisotopic (exact) mass is 272 g/mol. The molecule has 0 radical (unpaired) electrons. The molecule has 2 aromatic rings. The number of aromatic nitrogens is 1. The second-order valence-electron chi connectivity index (χ2n) is 5.71. The lowest BCUT2D eigenvalue weighted by molar-refractivity contribution is -0.123. The molecule has 1 amide bonds. The molecule has 20 heavy (non-hydrogen) atoms. The fraction of sp³-hybridized carbons (Fsp3) is 0.438. The standard InChI is InChI=1S/C16H20N2O2/c1-10(2)12-8-17-13-4-3-5-14(16(12)13)20-9-15(19)18-11-6-7-11/h3-5,8,10-11,17H,6-7,9H2,1-2H3,(H,18,19). The van der Waals surface area contributed by atoms with Crippen LogP contribution >= 0.6 is 0 Å². The summed E-state index contributed by atoms with van der Waals surface area (Å²) in [6.45, 7) is 4.39. The number of aromatic amines is 1. The van der Waals surface area contributed by atoms with Crippen LogP contribution < -0.4 is 10.1 Å². The van der Waals surface area contributed by atoms with E-state index in [4.69, 9.17) is 4.74 Å². The van der Waals surface area contributed by atoms with Gasteiger partial charge in [-0.1, -0.05) is 19.9 Å². The van der Waals surface area contributed by atoms with Gasteiger partial charge in [-0.05, 0) is 36.5 Å². The largest absolute Gasteiger partial charge is 0.483 e. The van der Waals surface area contributed by atoms with E-state index in [0.717, 1.165) is 29.5 Å². The molecule has 4 nitrogen and oxygen atoms in total. The molecule has 0 bridgehead atoms. The molecule has 1 aromatic carbocycles. The molecule has 1 aliphatic carbocycles. The Morgan fingerprint density at radius 3 is 2.95 bits per heavy atom. The zero-order chi connectivity index (χ0) is 14.1. The second kappa shape index (κ2) is 5.19. The van der Waals surface area contributed by atoms with Crippen LogP contribution in [0.2, 0.25) is 0 Å². The quantitative estimate of drug-likeness (QED) is 0.879. The maximum absolute atomic E-state index is 11.7. The van der Waals surface area contributed by atoms with Gasteiger partial charge in [0.1, 0.15) is 5.75 Å². The molecule has 2 N–H and O–H groups in total. The highest BCUT2D eigenvalue weighted by atomic mass is 16.5. The van der Waals surface area contributed by atoms with E-state index >= 15 is 0 Å². The Hall–Kier alpha value is -1.97. The third kappa shape index (κ3) is 2.64. The first-order chi connectivity index (χ1) is 9.65. The molecule has 0 spiro atoms. The first-order valence-electron chi connectivity index (χ1n) is 7.17. The van der Waals surface area contributed by atoms with Crippen LogP contribution in [0.15, 0.2) is 24.4 Å². The Bertz CT molecular complexity index is 626. The fourth-order valence-corrected chi connectivity index (χ4v) is 2.39. The molecule has 3 rings (SSSR count). The number of hydrogen-bond acceptors (Lipinski definition) is 2. The summed E-state index contributed by atoms with van der Waals surface area (Å²) in [5, 5.41) is 4.02. The minimum absolute atomic E-state index is 0.0360. The van der Waals surface area contributed by atoms with Gasteiger partial charge >= 0.3 is 0 Å². The molecule has 1 saturated carbocycles. The summed E-state index contributed by atoms with van der Waals surface area (Å²) in [5.74, 6) is 1.15. The van der Waals surface area contributed by atoms with Gasteiger partial charge in [0.2, 0.25) is 0 Å². The predicted octanol–water partition coefficient (Wildman–Crippen LogP) is 2.95. The van der Waals surface area contributed by atoms with E-state index in [1.807, 2.05) is 24.4 Å². The third-order valence-corrected chi connectivity index (χ3v) is 3.62. The van der Waals surface area contributed by atoms with Gasteiger partial charge in [0.05, 0.1) is 0 Å². The Morgan fingerprint density at radius 2 is 2.25 bits per heavy atom. The summed E-state index contributed by atoms with van der Waals surface area (Å²) in [6, 6.07) is 6.27. The van der Waals surface area contributed by atoms with Crippen LogP contribution in [0.1, 0.15) is 38.2 Å². The molecule has 1 aromatic heterocycles. The first kappa shape index (κ1) is 13.0. The Balaban J connectivity index is 1.79. The number of fused-ring (bicyclic) bond motifs is 1. The highest BCUT2D eigenvalue weighted by Gasteiger charge is 2.23. The topological polar surface area (TPSA) is 54.1 Å². The minimum atomic E-state index is -0.0360. The number of carbonyl (C=O) groups is 1. The molecule has 1 aliphatic rings. The van der Waals surface area contributed by atoms with Gasteiger partial charge in [-0.25, -0.2) is 0 Å². The first-order valence-corrected chi connectivity index (χ1v) is 7.17. The van der Waals surface area contributed by atoms with E-state index in [0.29, 0.717) is 12.0 Å². The van der Waals surface area contributed by atoms with Gasteiger partial charge in [-0.2, -0.15) is 0 Å². The SMILES string of the molecule is CC(C)c1c[nH]c2cccc(OCC(=O)NC3CC3)c12. The summed E-state index contributed by atoms with van der Waals surface area (Å²) >= 11 is 0. The van der Waals surface area contributed by atoms with Crippen LogP contribution in [0, 0.1) is 0 Å². The summed E-state index contributed by atoms with van der Waals surface area (Å²) in [4.78, 5) is 15.0. The second-order valence-corrected chi connectivity index (χ2v) is 5.71. The Labute approximate surface area is 118 Å². The van der Waals surface area contributed by atoms with Crippen molar-refractivity contribution >= 4 is 16.8 Å². The van der Waals surface area contributed by atoms with Crippen molar-refractivity contribution in [2.45, 2.75) is 38.6 Å². The number of hydrogen-bond donors (Lipinski definition) is 2. The number of rotatable bonds is 5. The van der Waals surface area contributed by atoms with Crippen LogP contribution in [0.3, 0.4) is 0 Å². The highest BCUT2D eigenvalue weighted by molar-refractivity contribution is 5.90. The van der Waals surface area contributed by atoms with Crippen molar-refractivity contribution in [3.05, 3.63) is 30.0 Å². The molecule has 0 aliphatic heterocycles. The molecule has 0 saturated heterocycles. The number of H-pyrrole nitrogens is 1. The van der Waals surface area contributed by atoms with E-state index in [9.17, 15) is 4.79 Å². The normalized spacial score (nSPS) is 14.8. The van der Waals surface area contributed by atoms with Crippen molar-refractivity contribution in [3.63, 3.8) is 0 Å². The van der Waals surface area contributed by atoms with Gasteiger partial charge in [-0.3, -0.25) is 4.79 Å². The summed E-state index contributed by atoms with van der Waals surface area (Å²) in [7, 11) is 0. The van der Waals surface area contributed by atoms with E-state index < -0.39 is 0 Å². The van der Waals surface area contributed by atoms with Crippen LogP contribution in [0.25, 0.3) is 10.9 Å².